The third-order valence-corrected chi connectivity index (χ3v) is 4.68. The number of guanidine groups is 1. The number of amides is 1. The van der Waals surface area contributed by atoms with Gasteiger partial charge in [-0.05, 0) is 42.8 Å². The molecule has 0 fully saturated rings. The van der Waals surface area contributed by atoms with Crippen molar-refractivity contribution in [3.63, 3.8) is 0 Å². The number of nitrogens with one attached hydrogen (secondary N) is 3. The second-order valence-electron chi connectivity index (χ2n) is 6.24. The molecule has 0 aliphatic carbocycles. The molecule has 10 heteroatoms. The zero-order valence-electron chi connectivity index (χ0n) is 16.1. The molecule has 1 unspecified atom stereocenters. The van der Waals surface area contributed by atoms with E-state index in [4.69, 9.17) is 0 Å². The monoisotopic (exact) mass is 540 g/mol. The van der Waals surface area contributed by atoms with Crippen LogP contribution in [0.3, 0.4) is 0 Å². The van der Waals surface area contributed by atoms with E-state index in [2.05, 4.69) is 33.9 Å². The summed E-state index contributed by atoms with van der Waals surface area (Å²) in [6.45, 7) is 4.96. The van der Waals surface area contributed by atoms with E-state index in [9.17, 15) is 18.0 Å². The zero-order chi connectivity index (χ0) is 20.5. The summed E-state index contributed by atoms with van der Waals surface area (Å²) in [6.07, 6.45) is 0.931. The molecule has 0 bridgehead atoms. The van der Waals surface area contributed by atoms with Gasteiger partial charge in [0.1, 0.15) is 6.54 Å². The second kappa shape index (κ2) is 12.7. The number of hydrogen-bond donors (Lipinski definition) is 3. The van der Waals surface area contributed by atoms with Crippen LogP contribution in [0.5, 0.6) is 0 Å². The van der Waals surface area contributed by atoms with Gasteiger partial charge in [-0.2, -0.15) is 0 Å². The van der Waals surface area contributed by atoms with Crippen molar-refractivity contribution in [2.45, 2.75) is 20.3 Å². The molecular weight excluding hydrogens is 516 g/mol. The predicted molar refractivity (Wildman–Crippen MR) is 122 cm³/mol. The molecule has 1 atom stereocenters. The van der Waals surface area contributed by atoms with Gasteiger partial charge in [-0.3, -0.25) is 4.79 Å². The molecule has 0 saturated heterocycles. The van der Waals surface area contributed by atoms with Crippen LogP contribution in [-0.4, -0.2) is 31.5 Å². The molecule has 0 aliphatic rings. The Hall–Kier alpha value is -1.82. The van der Waals surface area contributed by atoms with E-state index in [1.807, 2.05) is 18.4 Å². The summed E-state index contributed by atoms with van der Waals surface area (Å²) >= 11 is 1.71. The first kappa shape index (κ1) is 25.2. The van der Waals surface area contributed by atoms with Crippen LogP contribution in [0.2, 0.25) is 0 Å². The van der Waals surface area contributed by atoms with Crippen LogP contribution < -0.4 is 16.0 Å². The molecule has 0 radical (unpaired) electrons. The zero-order valence-corrected chi connectivity index (χ0v) is 19.2. The first-order valence-electron chi connectivity index (χ1n) is 8.88. The van der Waals surface area contributed by atoms with Gasteiger partial charge < -0.3 is 16.0 Å². The highest BCUT2D eigenvalue weighted by Crippen LogP contribution is 2.19. The lowest BCUT2D eigenvalue weighted by atomic mass is 10.1. The predicted octanol–water partition coefficient (Wildman–Crippen LogP) is 4.16. The van der Waals surface area contributed by atoms with Crippen LogP contribution >= 0.6 is 35.3 Å². The van der Waals surface area contributed by atoms with Crippen molar-refractivity contribution in [3.05, 3.63) is 52.0 Å². The van der Waals surface area contributed by atoms with Crippen molar-refractivity contribution in [1.29, 1.82) is 0 Å². The quantitative estimate of drug-likeness (QED) is 0.204. The Morgan fingerprint density at radius 1 is 1.17 bits per heavy atom. The minimum absolute atomic E-state index is 0. The van der Waals surface area contributed by atoms with E-state index in [0.29, 0.717) is 25.0 Å². The van der Waals surface area contributed by atoms with Crippen LogP contribution in [0.4, 0.5) is 18.9 Å². The van der Waals surface area contributed by atoms with Gasteiger partial charge >= 0.3 is 0 Å². The highest BCUT2D eigenvalue weighted by Gasteiger charge is 2.15. The molecule has 1 aromatic carbocycles. The molecule has 0 saturated carbocycles. The maximum Gasteiger partial charge on any atom is 0.246 e. The van der Waals surface area contributed by atoms with Gasteiger partial charge in [-0.15, -0.1) is 35.3 Å². The number of halogens is 4. The number of aliphatic imine (C=N–C) groups is 1. The van der Waals surface area contributed by atoms with Crippen LogP contribution in [0, 0.1) is 23.4 Å². The Labute approximate surface area is 189 Å². The third kappa shape index (κ3) is 8.21. The second-order valence-corrected chi connectivity index (χ2v) is 7.27. The maximum atomic E-state index is 13.6. The van der Waals surface area contributed by atoms with Gasteiger partial charge in [0.05, 0.1) is 5.69 Å². The summed E-state index contributed by atoms with van der Waals surface area (Å²) in [6, 6.07) is 5.81. The van der Waals surface area contributed by atoms with E-state index in [0.717, 1.165) is 18.6 Å². The summed E-state index contributed by atoms with van der Waals surface area (Å²) < 4.78 is 39.8. The molecule has 0 spiro atoms. The van der Waals surface area contributed by atoms with Crippen LogP contribution in [0.15, 0.2) is 34.6 Å². The average Bonchev–Trinajstić information content (AvgIpc) is 3.17. The van der Waals surface area contributed by atoms with Gasteiger partial charge in [0.25, 0.3) is 0 Å². The fourth-order valence-electron chi connectivity index (χ4n) is 2.42. The Balaban J connectivity index is 0.00000420. The number of carbonyl (C=O) groups is 1. The van der Waals surface area contributed by atoms with Gasteiger partial charge in [0, 0.05) is 18.0 Å². The van der Waals surface area contributed by atoms with E-state index >= 15 is 0 Å². The van der Waals surface area contributed by atoms with E-state index in [-0.39, 0.29) is 30.5 Å². The third-order valence-electron chi connectivity index (χ3n) is 3.78. The smallest absolute Gasteiger partial charge is 0.246 e. The molecule has 1 heterocycles. The molecule has 2 rings (SSSR count). The van der Waals surface area contributed by atoms with Crippen molar-refractivity contribution in [2.24, 2.45) is 10.9 Å². The van der Waals surface area contributed by atoms with Crippen molar-refractivity contribution in [3.8, 4) is 0 Å². The lowest BCUT2D eigenvalue weighted by Crippen LogP contribution is -2.40. The van der Waals surface area contributed by atoms with Crippen molar-refractivity contribution in [1.82, 2.24) is 10.6 Å². The minimum Gasteiger partial charge on any atom is -0.357 e. The first-order chi connectivity index (χ1) is 13.4. The van der Waals surface area contributed by atoms with Gasteiger partial charge in [0.15, 0.2) is 23.4 Å². The average molecular weight is 540 g/mol. The Morgan fingerprint density at radius 3 is 2.59 bits per heavy atom. The lowest BCUT2D eigenvalue weighted by Gasteiger charge is -2.15. The number of rotatable bonds is 8. The number of benzene rings is 1. The number of thiophene rings is 1. The van der Waals surface area contributed by atoms with Crippen LogP contribution in [0.1, 0.15) is 18.7 Å². The molecule has 1 aromatic heterocycles. The normalized spacial score (nSPS) is 12.1. The summed E-state index contributed by atoms with van der Waals surface area (Å²) in [5.41, 5.74) is -0.429. The largest absolute Gasteiger partial charge is 0.357 e. The summed E-state index contributed by atoms with van der Waals surface area (Å²) in [4.78, 5) is 17.4. The van der Waals surface area contributed by atoms with Gasteiger partial charge in [-0.25, -0.2) is 18.2 Å². The van der Waals surface area contributed by atoms with E-state index in [1.54, 1.807) is 11.3 Å². The molecule has 5 nitrogen and oxygen atoms in total. The molecular formula is C19H24F3IN4OS. The molecule has 1 amide bonds. The van der Waals surface area contributed by atoms with E-state index < -0.39 is 29.0 Å². The number of nitrogens with zero attached hydrogens (tertiary/aromatic N) is 1. The Bertz CT molecular complexity index is 818. The Kier molecular flexibility index (Phi) is 11.0. The van der Waals surface area contributed by atoms with Crippen molar-refractivity contribution >= 4 is 52.9 Å². The topological polar surface area (TPSA) is 65.5 Å². The maximum absolute atomic E-state index is 13.6. The molecule has 3 N–H and O–H groups in total. The van der Waals surface area contributed by atoms with Crippen LogP contribution in [0.25, 0.3) is 0 Å². The van der Waals surface area contributed by atoms with Crippen molar-refractivity contribution < 1.29 is 18.0 Å². The lowest BCUT2D eigenvalue weighted by molar-refractivity contribution is -0.114. The Morgan fingerprint density at radius 2 is 1.93 bits per heavy atom. The highest BCUT2D eigenvalue weighted by atomic mass is 127. The fourth-order valence-corrected chi connectivity index (χ4v) is 3.29. The number of hydrogen-bond acceptors (Lipinski definition) is 3. The first-order valence-corrected chi connectivity index (χ1v) is 9.76. The standard InChI is InChI=1S/C19H23F3N4OS.HI/c1-3-23-19(24-10-12(2)9-13-5-4-8-28-13)25-11-16(27)26-15-7-6-14(20)17(21)18(15)22;/h4-8,12H,3,9-11H2,1-2H3,(H,26,27)(H2,23,24,25);1H. The van der Waals surface area contributed by atoms with E-state index in [1.165, 1.54) is 4.88 Å². The van der Waals surface area contributed by atoms with Crippen molar-refractivity contribution in [2.75, 3.05) is 25.0 Å². The minimum atomic E-state index is -1.63. The molecule has 160 valence electrons. The number of carbonyl (C=O) groups excluding carboxylic acids is 1. The summed E-state index contributed by atoms with van der Waals surface area (Å²) in [7, 11) is 0. The van der Waals surface area contributed by atoms with Gasteiger partial charge in [-0.1, -0.05) is 13.0 Å². The van der Waals surface area contributed by atoms with Gasteiger partial charge in [0.2, 0.25) is 5.91 Å². The molecule has 2 aromatic rings. The molecule has 0 aliphatic heterocycles. The summed E-state index contributed by atoms with van der Waals surface area (Å²) in [5, 5.41) is 10.4. The molecule has 29 heavy (non-hydrogen) atoms. The van der Waals surface area contributed by atoms with Crippen LogP contribution in [-0.2, 0) is 11.2 Å². The summed E-state index contributed by atoms with van der Waals surface area (Å²) in [5.74, 6) is -4.23. The fraction of sp³-hybridized carbons (Fsp3) is 0.368. The SMILES string of the molecule is CCNC(=NCC(=O)Nc1ccc(F)c(F)c1F)NCC(C)Cc1cccs1.I. The number of anilines is 1. The highest BCUT2D eigenvalue weighted by molar-refractivity contribution is 14.0.